The Kier molecular flexibility index (Phi) is 4.40. The third-order valence-electron chi connectivity index (χ3n) is 4.40. The Balaban J connectivity index is 1.50. The van der Waals surface area contributed by atoms with E-state index in [1.165, 1.54) is 5.69 Å². The van der Waals surface area contributed by atoms with Crippen molar-refractivity contribution in [3.05, 3.63) is 16.1 Å². The van der Waals surface area contributed by atoms with E-state index in [9.17, 15) is 0 Å². The Labute approximate surface area is 125 Å². The van der Waals surface area contributed by atoms with E-state index in [-0.39, 0.29) is 5.60 Å². The summed E-state index contributed by atoms with van der Waals surface area (Å²) < 4.78 is 11.8. The molecule has 0 unspecified atom stereocenters. The van der Waals surface area contributed by atoms with E-state index >= 15 is 0 Å². The Morgan fingerprint density at radius 2 is 2.30 bits per heavy atom. The average molecular weight is 296 g/mol. The molecule has 0 aliphatic carbocycles. The number of rotatable bonds is 4. The maximum atomic E-state index is 6.08. The molecule has 2 fully saturated rings. The van der Waals surface area contributed by atoms with Gasteiger partial charge in [0.1, 0.15) is 0 Å². The number of ether oxygens (including phenoxy) is 2. The van der Waals surface area contributed by atoms with Gasteiger partial charge in [0.05, 0.1) is 29.0 Å². The Bertz CT molecular complexity index is 441. The summed E-state index contributed by atoms with van der Waals surface area (Å²) in [5.41, 5.74) is 1.30. The molecule has 1 aromatic heterocycles. The predicted octanol–water partition coefficient (Wildman–Crippen LogP) is 2.61. The van der Waals surface area contributed by atoms with Gasteiger partial charge < -0.3 is 9.47 Å². The molecule has 0 saturated carbocycles. The number of aryl methyl sites for hydroxylation is 1. The zero-order chi connectivity index (χ0) is 14.0. The first kappa shape index (κ1) is 14.4. The van der Waals surface area contributed by atoms with Crippen LogP contribution in [0.1, 0.15) is 36.9 Å². The zero-order valence-corrected chi connectivity index (χ0v) is 13.2. The van der Waals surface area contributed by atoms with Crippen LogP contribution in [0.4, 0.5) is 0 Å². The summed E-state index contributed by atoms with van der Waals surface area (Å²) in [6.45, 7) is 8.89. The van der Waals surface area contributed by atoms with Crippen LogP contribution in [0, 0.1) is 6.92 Å². The zero-order valence-electron chi connectivity index (χ0n) is 12.4. The van der Waals surface area contributed by atoms with Gasteiger partial charge in [0.25, 0.3) is 0 Å². The number of hydrogen-bond donors (Lipinski definition) is 0. The number of hydrogen-bond acceptors (Lipinski definition) is 5. The second kappa shape index (κ2) is 6.10. The standard InChI is InChI=1S/C15H24N2O2S/c1-3-18-14-8-15(19-10-14)4-6-17(7-5-15)9-13-11-20-12(2)16-13/h11,14H,3-10H2,1-2H3/t14-/m0/s1. The molecule has 2 saturated heterocycles. The van der Waals surface area contributed by atoms with Crippen molar-refractivity contribution < 1.29 is 9.47 Å². The minimum absolute atomic E-state index is 0.0916. The number of nitrogens with zero attached hydrogens (tertiary/aromatic N) is 2. The second-order valence-corrected chi connectivity index (χ2v) is 6.97. The molecular formula is C15H24N2O2S. The topological polar surface area (TPSA) is 34.6 Å². The van der Waals surface area contributed by atoms with Crippen molar-refractivity contribution >= 4 is 11.3 Å². The van der Waals surface area contributed by atoms with Gasteiger partial charge in [-0.2, -0.15) is 0 Å². The van der Waals surface area contributed by atoms with Crippen LogP contribution in [-0.2, 0) is 16.0 Å². The number of likely N-dealkylation sites (tertiary alicyclic amines) is 1. The van der Waals surface area contributed by atoms with E-state index in [1.807, 2.05) is 0 Å². The highest BCUT2D eigenvalue weighted by atomic mass is 32.1. The lowest BCUT2D eigenvalue weighted by Crippen LogP contribution is -2.44. The van der Waals surface area contributed by atoms with Gasteiger partial charge >= 0.3 is 0 Å². The van der Waals surface area contributed by atoms with E-state index in [4.69, 9.17) is 9.47 Å². The van der Waals surface area contributed by atoms with Crippen molar-refractivity contribution in [3.8, 4) is 0 Å². The van der Waals surface area contributed by atoms with Gasteiger partial charge in [-0.05, 0) is 26.7 Å². The van der Waals surface area contributed by atoms with E-state index in [1.54, 1.807) is 11.3 Å². The van der Waals surface area contributed by atoms with Crippen LogP contribution in [0.2, 0.25) is 0 Å². The summed E-state index contributed by atoms with van der Waals surface area (Å²) in [6, 6.07) is 0. The van der Waals surface area contributed by atoms with Crippen molar-refractivity contribution in [2.24, 2.45) is 0 Å². The minimum atomic E-state index is 0.0916. The minimum Gasteiger partial charge on any atom is -0.376 e. The molecule has 20 heavy (non-hydrogen) atoms. The highest BCUT2D eigenvalue weighted by Gasteiger charge is 2.42. The SMILES string of the molecule is CCO[C@@H]1COC2(CCN(Cc3csc(C)n3)CC2)C1. The van der Waals surface area contributed by atoms with Crippen molar-refractivity contribution in [1.29, 1.82) is 0 Å². The van der Waals surface area contributed by atoms with Crippen LogP contribution in [0.15, 0.2) is 5.38 Å². The number of thiazole rings is 1. The highest BCUT2D eigenvalue weighted by Crippen LogP contribution is 2.37. The van der Waals surface area contributed by atoms with Crippen molar-refractivity contribution in [2.75, 3.05) is 26.3 Å². The lowest BCUT2D eigenvalue weighted by molar-refractivity contribution is -0.0465. The molecule has 112 valence electrons. The van der Waals surface area contributed by atoms with E-state index in [0.717, 1.165) is 57.1 Å². The van der Waals surface area contributed by atoms with Crippen LogP contribution in [0.3, 0.4) is 0 Å². The van der Waals surface area contributed by atoms with Crippen LogP contribution in [0.5, 0.6) is 0 Å². The fraction of sp³-hybridized carbons (Fsp3) is 0.800. The molecule has 1 aromatic rings. The molecule has 0 aromatic carbocycles. The van der Waals surface area contributed by atoms with Gasteiger partial charge in [0.15, 0.2) is 0 Å². The van der Waals surface area contributed by atoms with E-state index < -0.39 is 0 Å². The molecule has 5 heteroatoms. The fourth-order valence-electron chi connectivity index (χ4n) is 3.32. The lowest BCUT2D eigenvalue weighted by atomic mass is 9.88. The summed E-state index contributed by atoms with van der Waals surface area (Å²) in [7, 11) is 0. The van der Waals surface area contributed by atoms with Gasteiger partial charge in [-0.1, -0.05) is 0 Å². The summed E-state index contributed by atoms with van der Waals surface area (Å²) >= 11 is 1.74. The lowest BCUT2D eigenvalue weighted by Gasteiger charge is -2.38. The molecule has 0 bridgehead atoms. The van der Waals surface area contributed by atoms with Gasteiger partial charge in [0.2, 0.25) is 0 Å². The molecule has 2 aliphatic rings. The summed E-state index contributed by atoms with van der Waals surface area (Å²) in [6.07, 6.45) is 3.64. The third kappa shape index (κ3) is 3.22. The first-order valence-electron chi connectivity index (χ1n) is 7.58. The number of piperidine rings is 1. The van der Waals surface area contributed by atoms with Crippen LogP contribution in [-0.4, -0.2) is 47.9 Å². The van der Waals surface area contributed by atoms with Crippen molar-refractivity contribution in [3.63, 3.8) is 0 Å². The van der Waals surface area contributed by atoms with Crippen LogP contribution in [0.25, 0.3) is 0 Å². The van der Waals surface area contributed by atoms with Gasteiger partial charge in [-0.25, -0.2) is 4.98 Å². The van der Waals surface area contributed by atoms with Crippen LogP contribution < -0.4 is 0 Å². The molecule has 1 spiro atoms. The fourth-order valence-corrected chi connectivity index (χ4v) is 3.93. The largest absolute Gasteiger partial charge is 0.376 e. The van der Waals surface area contributed by atoms with Gasteiger partial charge in [-0.15, -0.1) is 11.3 Å². The monoisotopic (exact) mass is 296 g/mol. The third-order valence-corrected chi connectivity index (χ3v) is 5.22. The molecule has 4 nitrogen and oxygen atoms in total. The molecule has 2 aliphatic heterocycles. The number of aromatic nitrogens is 1. The summed E-state index contributed by atoms with van der Waals surface area (Å²) in [5, 5.41) is 3.34. The highest BCUT2D eigenvalue weighted by molar-refractivity contribution is 7.09. The van der Waals surface area contributed by atoms with Gasteiger partial charge in [0, 0.05) is 38.0 Å². The first-order chi connectivity index (χ1) is 9.69. The van der Waals surface area contributed by atoms with Crippen LogP contribution >= 0.6 is 11.3 Å². The molecular weight excluding hydrogens is 272 g/mol. The molecule has 3 rings (SSSR count). The molecule has 1 atom stereocenters. The van der Waals surface area contributed by atoms with E-state index in [2.05, 4.69) is 29.1 Å². The van der Waals surface area contributed by atoms with Crippen molar-refractivity contribution in [2.45, 2.75) is 51.4 Å². The Hall–Kier alpha value is -0.490. The summed E-state index contributed by atoms with van der Waals surface area (Å²) in [5.74, 6) is 0. The summed E-state index contributed by atoms with van der Waals surface area (Å²) in [4.78, 5) is 7.05. The Morgan fingerprint density at radius 3 is 2.95 bits per heavy atom. The molecule has 0 radical (unpaired) electrons. The average Bonchev–Trinajstić information content (AvgIpc) is 3.01. The second-order valence-electron chi connectivity index (χ2n) is 5.91. The smallest absolute Gasteiger partial charge is 0.0897 e. The quantitative estimate of drug-likeness (QED) is 0.855. The van der Waals surface area contributed by atoms with Crippen molar-refractivity contribution in [1.82, 2.24) is 9.88 Å². The molecule has 3 heterocycles. The maximum absolute atomic E-state index is 6.08. The Morgan fingerprint density at radius 1 is 1.50 bits per heavy atom. The predicted molar refractivity (Wildman–Crippen MR) is 80.1 cm³/mol. The first-order valence-corrected chi connectivity index (χ1v) is 8.46. The van der Waals surface area contributed by atoms with Gasteiger partial charge in [-0.3, -0.25) is 4.90 Å². The normalized spacial score (nSPS) is 26.4. The molecule has 0 amide bonds. The maximum Gasteiger partial charge on any atom is 0.0897 e. The van der Waals surface area contributed by atoms with E-state index in [0.29, 0.717) is 6.10 Å². The molecule has 0 N–H and O–H groups in total.